The Balaban J connectivity index is 1.99. The Bertz CT molecular complexity index is 231. The molecule has 1 aliphatic carbocycles. The first kappa shape index (κ1) is 13.5. The van der Waals surface area contributed by atoms with Crippen LogP contribution in [0.1, 0.15) is 40.0 Å². The van der Waals surface area contributed by atoms with E-state index < -0.39 is 5.60 Å². The number of carbonyl (C=O) groups excluding carboxylic acids is 1. The number of rotatable bonds is 6. The summed E-state index contributed by atoms with van der Waals surface area (Å²) in [5, 5.41) is 12.6. The van der Waals surface area contributed by atoms with Crippen LogP contribution in [0.2, 0.25) is 0 Å². The van der Waals surface area contributed by atoms with Crippen molar-refractivity contribution in [1.82, 2.24) is 5.32 Å². The van der Waals surface area contributed by atoms with Gasteiger partial charge in [0.05, 0.1) is 12.5 Å². The Labute approximate surface area is 97.4 Å². The lowest BCUT2D eigenvalue weighted by Crippen LogP contribution is -2.31. The number of esters is 1. The number of aliphatic hydroxyl groups excluding tert-OH is 1. The Morgan fingerprint density at radius 1 is 1.50 bits per heavy atom. The number of hydrogen-bond donors (Lipinski definition) is 2. The minimum Gasteiger partial charge on any atom is -0.460 e. The average molecular weight is 229 g/mol. The second-order valence-corrected chi connectivity index (χ2v) is 5.45. The van der Waals surface area contributed by atoms with Crippen LogP contribution in [0.5, 0.6) is 0 Å². The summed E-state index contributed by atoms with van der Waals surface area (Å²) in [6.45, 7) is 6.71. The van der Waals surface area contributed by atoms with Crippen molar-refractivity contribution in [3.8, 4) is 0 Å². The standard InChI is InChI=1S/C12H23NO3/c1-12(2,3)16-11(15)6-7-13-8-10(14)9-4-5-9/h9-10,13-14H,4-8H2,1-3H3. The van der Waals surface area contributed by atoms with Crippen molar-refractivity contribution in [3.63, 3.8) is 0 Å². The van der Waals surface area contributed by atoms with E-state index in [4.69, 9.17) is 4.74 Å². The third-order valence-corrected chi connectivity index (χ3v) is 2.45. The summed E-state index contributed by atoms with van der Waals surface area (Å²) in [6.07, 6.45) is 2.37. The zero-order valence-electron chi connectivity index (χ0n) is 10.5. The number of aliphatic hydroxyl groups is 1. The van der Waals surface area contributed by atoms with Crippen LogP contribution in [0.15, 0.2) is 0 Å². The minimum atomic E-state index is -0.412. The van der Waals surface area contributed by atoms with E-state index in [-0.39, 0.29) is 12.1 Å². The van der Waals surface area contributed by atoms with Crippen molar-refractivity contribution in [3.05, 3.63) is 0 Å². The van der Waals surface area contributed by atoms with E-state index in [1.807, 2.05) is 20.8 Å². The van der Waals surface area contributed by atoms with Gasteiger partial charge < -0.3 is 15.2 Å². The second-order valence-electron chi connectivity index (χ2n) is 5.45. The second kappa shape index (κ2) is 5.64. The first-order valence-corrected chi connectivity index (χ1v) is 5.99. The van der Waals surface area contributed by atoms with Gasteiger partial charge in [-0.05, 0) is 39.5 Å². The van der Waals surface area contributed by atoms with Crippen LogP contribution in [-0.4, -0.2) is 35.9 Å². The van der Waals surface area contributed by atoms with Gasteiger partial charge in [-0.1, -0.05) is 0 Å². The molecule has 0 amide bonds. The quantitative estimate of drug-likeness (QED) is 0.528. The predicted octanol–water partition coefficient (Wildman–Crippen LogP) is 1.08. The van der Waals surface area contributed by atoms with Crippen molar-refractivity contribution in [2.24, 2.45) is 5.92 Å². The smallest absolute Gasteiger partial charge is 0.307 e. The van der Waals surface area contributed by atoms with Crippen LogP contribution in [-0.2, 0) is 9.53 Å². The molecule has 4 heteroatoms. The van der Waals surface area contributed by atoms with Crippen molar-refractivity contribution in [2.75, 3.05) is 13.1 Å². The molecule has 0 saturated heterocycles. The Morgan fingerprint density at radius 2 is 2.12 bits per heavy atom. The molecule has 0 aromatic heterocycles. The van der Waals surface area contributed by atoms with Gasteiger partial charge in [0.25, 0.3) is 0 Å². The van der Waals surface area contributed by atoms with Crippen LogP contribution >= 0.6 is 0 Å². The molecule has 1 saturated carbocycles. The van der Waals surface area contributed by atoms with Gasteiger partial charge in [0.1, 0.15) is 5.60 Å². The summed E-state index contributed by atoms with van der Waals surface area (Å²) >= 11 is 0. The molecule has 1 aliphatic rings. The van der Waals surface area contributed by atoms with Gasteiger partial charge in [0, 0.05) is 13.1 Å². The molecule has 0 aliphatic heterocycles. The minimum absolute atomic E-state index is 0.194. The van der Waals surface area contributed by atoms with E-state index in [0.29, 0.717) is 25.4 Å². The molecular formula is C12H23NO3. The molecule has 1 fully saturated rings. The van der Waals surface area contributed by atoms with Gasteiger partial charge in [-0.3, -0.25) is 4.79 Å². The summed E-state index contributed by atoms with van der Waals surface area (Å²) in [4.78, 5) is 11.3. The fourth-order valence-electron chi connectivity index (χ4n) is 1.48. The molecule has 0 aromatic carbocycles. The highest BCUT2D eigenvalue weighted by atomic mass is 16.6. The molecule has 0 aromatic rings. The molecule has 0 heterocycles. The Morgan fingerprint density at radius 3 is 2.62 bits per heavy atom. The summed E-state index contributed by atoms with van der Waals surface area (Å²) in [7, 11) is 0. The molecule has 1 atom stereocenters. The lowest BCUT2D eigenvalue weighted by molar-refractivity contribution is -0.154. The van der Waals surface area contributed by atoms with Gasteiger partial charge in [-0.25, -0.2) is 0 Å². The molecule has 1 rings (SSSR count). The lowest BCUT2D eigenvalue weighted by atomic mass is 10.2. The number of hydrogen-bond acceptors (Lipinski definition) is 4. The third-order valence-electron chi connectivity index (χ3n) is 2.45. The lowest BCUT2D eigenvalue weighted by Gasteiger charge is -2.19. The van der Waals surface area contributed by atoms with E-state index in [1.165, 1.54) is 0 Å². The van der Waals surface area contributed by atoms with Gasteiger partial charge in [-0.2, -0.15) is 0 Å². The zero-order chi connectivity index (χ0) is 12.2. The molecular weight excluding hydrogens is 206 g/mol. The normalized spacial score (nSPS) is 18.2. The summed E-state index contributed by atoms with van der Waals surface area (Å²) in [5.41, 5.74) is -0.412. The zero-order valence-corrected chi connectivity index (χ0v) is 10.5. The summed E-state index contributed by atoms with van der Waals surface area (Å²) in [6, 6.07) is 0. The van der Waals surface area contributed by atoms with Crippen molar-refractivity contribution in [1.29, 1.82) is 0 Å². The molecule has 0 radical (unpaired) electrons. The molecule has 0 spiro atoms. The topological polar surface area (TPSA) is 58.6 Å². The summed E-state index contributed by atoms with van der Waals surface area (Å²) in [5.74, 6) is 0.287. The summed E-state index contributed by atoms with van der Waals surface area (Å²) < 4.78 is 5.16. The fourth-order valence-corrected chi connectivity index (χ4v) is 1.48. The highest BCUT2D eigenvalue weighted by Gasteiger charge is 2.29. The van der Waals surface area contributed by atoms with Gasteiger partial charge >= 0.3 is 5.97 Å². The SMILES string of the molecule is CC(C)(C)OC(=O)CCNCC(O)C1CC1. The highest BCUT2D eigenvalue weighted by molar-refractivity contribution is 5.70. The first-order valence-electron chi connectivity index (χ1n) is 5.99. The first-order chi connectivity index (χ1) is 7.38. The van der Waals surface area contributed by atoms with Crippen LogP contribution in [0, 0.1) is 5.92 Å². The number of nitrogens with one attached hydrogen (secondary N) is 1. The van der Waals surface area contributed by atoms with E-state index in [2.05, 4.69) is 5.32 Å². The maximum absolute atomic E-state index is 11.3. The maximum Gasteiger partial charge on any atom is 0.307 e. The van der Waals surface area contributed by atoms with Crippen molar-refractivity contribution in [2.45, 2.75) is 51.7 Å². The van der Waals surface area contributed by atoms with Crippen molar-refractivity contribution >= 4 is 5.97 Å². The van der Waals surface area contributed by atoms with E-state index >= 15 is 0 Å². The van der Waals surface area contributed by atoms with Crippen LogP contribution < -0.4 is 5.32 Å². The molecule has 94 valence electrons. The van der Waals surface area contributed by atoms with E-state index in [9.17, 15) is 9.90 Å². The van der Waals surface area contributed by atoms with Gasteiger partial charge in [0.15, 0.2) is 0 Å². The monoisotopic (exact) mass is 229 g/mol. The molecule has 2 N–H and O–H groups in total. The van der Waals surface area contributed by atoms with E-state index in [1.54, 1.807) is 0 Å². The average Bonchev–Trinajstić information content (AvgIpc) is 2.91. The molecule has 1 unspecified atom stereocenters. The van der Waals surface area contributed by atoms with Gasteiger partial charge in [0.2, 0.25) is 0 Å². The van der Waals surface area contributed by atoms with Crippen LogP contribution in [0.4, 0.5) is 0 Å². The number of ether oxygens (including phenoxy) is 1. The van der Waals surface area contributed by atoms with Crippen molar-refractivity contribution < 1.29 is 14.6 Å². The fraction of sp³-hybridized carbons (Fsp3) is 0.917. The third kappa shape index (κ3) is 6.08. The Hall–Kier alpha value is -0.610. The largest absolute Gasteiger partial charge is 0.460 e. The van der Waals surface area contributed by atoms with Gasteiger partial charge in [-0.15, -0.1) is 0 Å². The molecule has 16 heavy (non-hydrogen) atoms. The molecule has 4 nitrogen and oxygen atoms in total. The van der Waals surface area contributed by atoms with Crippen LogP contribution in [0.3, 0.4) is 0 Å². The maximum atomic E-state index is 11.3. The van der Waals surface area contributed by atoms with E-state index in [0.717, 1.165) is 12.8 Å². The number of carbonyl (C=O) groups is 1. The highest BCUT2D eigenvalue weighted by Crippen LogP contribution is 2.32. The van der Waals surface area contributed by atoms with Crippen LogP contribution in [0.25, 0.3) is 0 Å². The Kier molecular flexibility index (Phi) is 4.74. The molecule has 0 bridgehead atoms. The predicted molar refractivity (Wildman–Crippen MR) is 62.1 cm³/mol.